The molecule has 0 amide bonds. The lowest BCUT2D eigenvalue weighted by molar-refractivity contribution is -0.0951. The topological polar surface area (TPSA) is 27.6 Å². The van der Waals surface area contributed by atoms with Crippen molar-refractivity contribution in [1.82, 2.24) is 10.2 Å². The van der Waals surface area contributed by atoms with E-state index in [4.69, 9.17) is 0 Å². The maximum Gasteiger partial charge on any atom is 0.431 e. The summed E-state index contributed by atoms with van der Waals surface area (Å²) in [5.74, 6) is 0.220. The Morgan fingerprint density at radius 3 is 2.17 bits per heavy atom. The lowest BCUT2D eigenvalue weighted by atomic mass is 10.2. The van der Waals surface area contributed by atoms with Crippen LogP contribution in [-0.2, 0) is 0 Å². The average Bonchev–Trinajstić information content (AvgIpc) is 2.41. The number of hydrogen-bond donors (Lipinski definition) is 1. The van der Waals surface area contributed by atoms with Crippen molar-refractivity contribution in [2.24, 2.45) is 4.99 Å². The Morgan fingerprint density at radius 1 is 1.17 bits per heavy atom. The van der Waals surface area contributed by atoms with Crippen LogP contribution in [0.25, 0.3) is 0 Å². The molecule has 0 fully saturated rings. The molecular formula is C12H18F3N3. The molecule has 0 aromatic heterocycles. The van der Waals surface area contributed by atoms with E-state index in [2.05, 4.69) is 10.3 Å². The van der Waals surface area contributed by atoms with Gasteiger partial charge in [-0.15, -0.1) is 0 Å². The van der Waals surface area contributed by atoms with Gasteiger partial charge in [0.15, 0.2) is 0 Å². The molecule has 18 heavy (non-hydrogen) atoms. The highest BCUT2D eigenvalue weighted by molar-refractivity contribution is 5.83. The van der Waals surface area contributed by atoms with E-state index in [0.717, 1.165) is 6.08 Å². The third kappa shape index (κ3) is 3.51. The minimum atomic E-state index is -4.41. The zero-order valence-corrected chi connectivity index (χ0v) is 10.9. The highest BCUT2D eigenvalue weighted by Gasteiger charge is 2.35. The third-order valence-corrected chi connectivity index (χ3v) is 2.45. The molecule has 3 nitrogen and oxygen atoms in total. The van der Waals surface area contributed by atoms with Crippen LogP contribution in [0.3, 0.4) is 0 Å². The highest BCUT2D eigenvalue weighted by Crippen LogP contribution is 2.24. The molecule has 0 bridgehead atoms. The Balaban J connectivity index is 3.01. The number of nitrogens with zero attached hydrogens (tertiary/aromatic N) is 2. The number of rotatable bonds is 2. The summed E-state index contributed by atoms with van der Waals surface area (Å²) in [5.41, 5.74) is -0.804. The molecule has 0 spiro atoms. The Labute approximate surface area is 105 Å². The van der Waals surface area contributed by atoms with Crippen molar-refractivity contribution >= 4 is 5.96 Å². The van der Waals surface area contributed by atoms with E-state index in [1.165, 1.54) is 12.3 Å². The minimum absolute atomic E-state index is 0.0530. The van der Waals surface area contributed by atoms with Crippen LogP contribution in [0, 0.1) is 0 Å². The predicted molar refractivity (Wildman–Crippen MR) is 66.0 cm³/mol. The van der Waals surface area contributed by atoms with Gasteiger partial charge in [0.1, 0.15) is 5.70 Å². The van der Waals surface area contributed by atoms with Crippen molar-refractivity contribution in [3.63, 3.8) is 0 Å². The summed E-state index contributed by atoms with van der Waals surface area (Å²) < 4.78 is 38.2. The Kier molecular flexibility index (Phi) is 4.43. The van der Waals surface area contributed by atoms with Crippen molar-refractivity contribution in [3.05, 3.63) is 24.0 Å². The summed E-state index contributed by atoms with van der Waals surface area (Å²) in [6.45, 7) is 7.65. The van der Waals surface area contributed by atoms with E-state index in [9.17, 15) is 13.2 Å². The van der Waals surface area contributed by atoms with Gasteiger partial charge in [0.05, 0.1) is 0 Å². The van der Waals surface area contributed by atoms with Crippen LogP contribution in [0.1, 0.15) is 27.7 Å². The van der Waals surface area contributed by atoms with E-state index in [0.29, 0.717) is 0 Å². The van der Waals surface area contributed by atoms with Gasteiger partial charge in [0.2, 0.25) is 5.96 Å². The molecule has 0 aromatic carbocycles. The molecule has 0 unspecified atom stereocenters. The van der Waals surface area contributed by atoms with E-state index in [1.807, 2.05) is 27.7 Å². The summed E-state index contributed by atoms with van der Waals surface area (Å²) >= 11 is 0. The van der Waals surface area contributed by atoms with Crippen molar-refractivity contribution < 1.29 is 13.2 Å². The van der Waals surface area contributed by atoms with Gasteiger partial charge >= 0.3 is 6.18 Å². The number of guanidine groups is 1. The van der Waals surface area contributed by atoms with Gasteiger partial charge in [-0.1, -0.05) is 0 Å². The number of allylic oxidation sites excluding steroid dienone is 3. The SMILES string of the molecule is CC(C)N(C1=NC=CC=C(C(F)(F)F)N1)C(C)C. The maximum absolute atomic E-state index is 12.7. The maximum atomic E-state index is 12.7. The van der Waals surface area contributed by atoms with Crippen molar-refractivity contribution in [3.8, 4) is 0 Å². The van der Waals surface area contributed by atoms with Crippen molar-refractivity contribution in [1.29, 1.82) is 0 Å². The third-order valence-electron chi connectivity index (χ3n) is 2.45. The molecule has 1 aliphatic heterocycles. The highest BCUT2D eigenvalue weighted by atomic mass is 19.4. The molecule has 1 N–H and O–H groups in total. The fourth-order valence-electron chi connectivity index (χ4n) is 1.83. The normalized spacial score (nSPS) is 16.3. The number of aliphatic imine (C=N–C) groups is 1. The summed E-state index contributed by atoms with van der Waals surface area (Å²) in [4.78, 5) is 5.83. The van der Waals surface area contributed by atoms with Crippen LogP contribution >= 0.6 is 0 Å². The lowest BCUT2D eigenvalue weighted by Crippen LogP contribution is -2.49. The quantitative estimate of drug-likeness (QED) is 0.827. The molecule has 0 saturated heterocycles. The van der Waals surface area contributed by atoms with Crippen LogP contribution in [0.2, 0.25) is 0 Å². The largest absolute Gasteiger partial charge is 0.431 e. The van der Waals surface area contributed by atoms with Crippen LogP contribution in [0.4, 0.5) is 13.2 Å². The van der Waals surface area contributed by atoms with E-state index < -0.39 is 11.9 Å². The fourth-order valence-corrected chi connectivity index (χ4v) is 1.83. The first-order valence-corrected chi connectivity index (χ1v) is 5.80. The summed E-state index contributed by atoms with van der Waals surface area (Å²) in [7, 11) is 0. The molecule has 0 radical (unpaired) electrons. The Hall–Kier alpha value is -1.46. The van der Waals surface area contributed by atoms with Gasteiger partial charge in [-0.25, -0.2) is 4.99 Å². The van der Waals surface area contributed by atoms with Gasteiger partial charge in [0, 0.05) is 18.3 Å². The summed E-state index contributed by atoms with van der Waals surface area (Å²) in [6.07, 6.45) is -0.787. The molecular weight excluding hydrogens is 243 g/mol. The number of alkyl halides is 3. The molecule has 0 aliphatic carbocycles. The molecule has 1 aliphatic rings. The zero-order valence-electron chi connectivity index (χ0n) is 10.9. The smallest absolute Gasteiger partial charge is 0.338 e. The van der Waals surface area contributed by atoms with E-state index in [-0.39, 0.29) is 18.0 Å². The van der Waals surface area contributed by atoms with Crippen LogP contribution in [-0.4, -0.2) is 29.1 Å². The minimum Gasteiger partial charge on any atom is -0.338 e. The van der Waals surface area contributed by atoms with Gasteiger partial charge in [-0.2, -0.15) is 13.2 Å². The van der Waals surface area contributed by atoms with E-state index in [1.54, 1.807) is 4.90 Å². The second-order valence-corrected chi connectivity index (χ2v) is 4.59. The van der Waals surface area contributed by atoms with Crippen LogP contribution in [0.5, 0.6) is 0 Å². The molecule has 0 atom stereocenters. The Bertz CT molecular complexity index is 371. The van der Waals surface area contributed by atoms with Crippen LogP contribution in [0.15, 0.2) is 29.0 Å². The van der Waals surface area contributed by atoms with Crippen LogP contribution < -0.4 is 5.32 Å². The lowest BCUT2D eigenvalue weighted by Gasteiger charge is -2.34. The van der Waals surface area contributed by atoms with Crippen molar-refractivity contribution in [2.75, 3.05) is 0 Å². The zero-order chi connectivity index (χ0) is 13.9. The van der Waals surface area contributed by atoms with Gasteiger partial charge in [-0.05, 0) is 39.8 Å². The number of nitrogens with one attached hydrogen (secondary N) is 1. The molecule has 6 heteroatoms. The molecule has 1 heterocycles. The Morgan fingerprint density at radius 2 is 1.72 bits per heavy atom. The molecule has 102 valence electrons. The first-order chi connectivity index (χ1) is 8.23. The first kappa shape index (κ1) is 14.6. The standard InChI is InChI=1S/C12H18F3N3/c1-8(2)18(9(3)4)11-16-7-5-6-10(17-11)12(13,14)15/h5-9H,1-4H3,(H,16,17). The molecule has 1 rings (SSSR count). The van der Waals surface area contributed by atoms with E-state index >= 15 is 0 Å². The van der Waals surface area contributed by atoms with Gasteiger partial charge < -0.3 is 10.2 Å². The molecule has 0 aromatic rings. The average molecular weight is 261 g/mol. The molecule has 0 saturated carbocycles. The summed E-state index contributed by atoms with van der Waals surface area (Å²) in [5, 5.41) is 2.37. The second-order valence-electron chi connectivity index (χ2n) is 4.59. The van der Waals surface area contributed by atoms with Gasteiger partial charge in [0.25, 0.3) is 0 Å². The number of hydrogen-bond acceptors (Lipinski definition) is 3. The predicted octanol–water partition coefficient (Wildman–Crippen LogP) is 3.02. The monoisotopic (exact) mass is 261 g/mol. The number of halogens is 3. The van der Waals surface area contributed by atoms with Gasteiger partial charge in [-0.3, -0.25) is 0 Å². The van der Waals surface area contributed by atoms with Crippen molar-refractivity contribution in [2.45, 2.75) is 46.0 Å². The summed E-state index contributed by atoms with van der Waals surface area (Å²) in [6, 6.07) is 0.106. The fraction of sp³-hybridized carbons (Fsp3) is 0.583. The second kappa shape index (κ2) is 5.46. The first-order valence-electron chi connectivity index (χ1n) is 5.80.